The van der Waals surface area contributed by atoms with Gasteiger partial charge in [-0.1, -0.05) is 36.9 Å². The van der Waals surface area contributed by atoms with Gasteiger partial charge in [-0.15, -0.1) is 11.6 Å². The van der Waals surface area contributed by atoms with Crippen LogP contribution in [0.5, 0.6) is 0 Å². The van der Waals surface area contributed by atoms with E-state index in [1.807, 2.05) is 18.2 Å². The van der Waals surface area contributed by atoms with Crippen LogP contribution >= 0.6 is 11.6 Å². The predicted octanol–water partition coefficient (Wildman–Crippen LogP) is 2.66. The predicted molar refractivity (Wildman–Crippen MR) is 50.6 cm³/mol. The van der Waals surface area contributed by atoms with Gasteiger partial charge in [-0.25, -0.2) is 0 Å². The molecule has 1 aromatic rings. The molecule has 0 spiro atoms. The van der Waals surface area contributed by atoms with Crippen molar-refractivity contribution < 1.29 is 4.79 Å². The topological polar surface area (TPSA) is 17.1 Å². The minimum atomic E-state index is -0.0781. The van der Waals surface area contributed by atoms with Crippen molar-refractivity contribution in [1.82, 2.24) is 0 Å². The zero-order valence-corrected chi connectivity index (χ0v) is 7.34. The van der Waals surface area contributed by atoms with Crippen LogP contribution in [-0.4, -0.2) is 11.7 Å². The highest BCUT2D eigenvalue weighted by molar-refractivity contribution is 6.24. The first kappa shape index (κ1) is 9.01. The van der Waals surface area contributed by atoms with Crippen LogP contribution in [0.3, 0.4) is 0 Å². The number of carbonyl (C=O) groups is 1. The fraction of sp³-hybridized carbons (Fsp3) is 0.100. The maximum atomic E-state index is 11.4. The molecule has 0 atom stereocenters. The molecule has 12 heavy (non-hydrogen) atoms. The first-order valence-electron chi connectivity index (χ1n) is 3.59. The molecule has 0 saturated carbocycles. The summed E-state index contributed by atoms with van der Waals surface area (Å²) in [5.74, 6) is 0.110. The highest BCUT2D eigenvalue weighted by Gasteiger charge is 2.07. The van der Waals surface area contributed by atoms with Crippen molar-refractivity contribution in [1.29, 1.82) is 0 Å². The Morgan fingerprint density at radius 2 is 1.92 bits per heavy atom. The van der Waals surface area contributed by atoms with Gasteiger partial charge in [0.25, 0.3) is 0 Å². The molecule has 0 aliphatic rings. The summed E-state index contributed by atoms with van der Waals surface area (Å²) in [7, 11) is 0. The molecule has 0 bridgehead atoms. The van der Waals surface area contributed by atoms with Crippen molar-refractivity contribution >= 4 is 17.4 Å². The van der Waals surface area contributed by atoms with Crippen molar-refractivity contribution in [3.8, 4) is 0 Å². The van der Waals surface area contributed by atoms with Gasteiger partial charge in [0.15, 0.2) is 5.78 Å². The Morgan fingerprint density at radius 3 is 2.42 bits per heavy atom. The smallest absolute Gasteiger partial charge is 0.189 e. The number of alkyl halides is 1. The van der Waals surface area contributed by atoms with E-state index in [9.17, 15) is 4.79 Å². The first-order valence-corrected chi connectivity index (χ1v) is 4.12. The largest absolute Gasteiger partial charge is 0.289 e. The molecule has 0 aliphatic heterocycles. The Bertz CT molecular complexity index is 290. The molecular weight excluding hydrogens is 172 g/mol. The number of rotatable bonds is 3. The normalized spacial score (nSPS) is 9.42. The third-order valence-corrected chi connectivity index (χ3v) is 1.84. The van der Waals surface area contributed by atoms with Crippen LogP contribution < -0.4 is 0 Å². The van der Waals surface area contributed by atoms with Crippen molar-refractivity contribution in [2.75, 3.05) is 5.88 Å². The van der Waals surface area contributed by atoms with Crippen LogP contribution in [0.25, 0.3) is 0 Å². The van der Waals surface area contributed by atoms with Gasteiger partial charge in [-0.2, -0.15) is 0 Å². The van der Waals surface area contributed by atoms with Gasteiger partial charge < -0.3 is 0 Å². The first-order chi connectivity index (χ1) is 5.75. The van der Waals surface area contributed by atoms with E-state index in [1.54, 1.807) is 12.1 Å². The Labute approximate surface area is 76.7 Å². The fourth-order valence-corrected chi connectivity index (χ4v) is 0.976. The molecule has 0 fully saturated rings. The molecule has 0 saturated heterocycles. The van der Waals surface area contributed by atoms with E-state index in [-0.39, 0.29) is 11.7 Å². The monoisotopic (exact) mass is 180 g/mol. The van der Waals surface area contributed by atoms with Crippen LogP contribution in [0.4, 0.5) is 0 Å². The van der Waals surface area contributed by atoms with E-state index in [0.717, 1.165) is 0 Å². The second kappa shape index (κ2) is 4.07. The number of hydrogen-bond donors (Lipinski definition) is 0. The van der Waals surface area contributed by atoms with Crippen molar-refractivity contribution in [2.24, 2.45) is 0 Å². The fourth-order valence-electron chi connectivity index (χ4n) is 0.854. The summed E-state index contributed by atoms with van der Waals surface area (Å²) in [6, 6.07) is 8.99. The number of allylic oxidation sites excluding steroid dienone is 1. The summed E-state index contributed by atoms with van der Waals surface area (Å²) < 4.78 is 0. The summed E-state index contributed by atoms with van der Waals surface area (Å²) in [6.45, 7) is 3.57. The highest BCUT2D eigenvalue weighted by Crippen LogP contribution is 2.07. The maximum Gasteiger partial charge on any atom is 0.189 e. The summed E-state index contributed by atoms with van der Waals surface area (Å²) in [5, 5.41) is 0. The Balaban J connectivity index is 2.86. The van der Waals surface area contributed by atoms with Crippen LogP contribution in [-0.2, 0) is 0 Å². The summed E-state index contributed by atoms with van der Waals surface area (Å²) in [4.78, 5) is 11.4. The molecule has 0 radical (unpaired) electrons. The molecule has 1 rings (SSSR count). The average molecular weight is 181 g/mol. The van der Waals surface area contributed by atoms with Gasteiger partial charge in [0, 0.05) is 11.1 Å². The molecule has 2 heteroatoms. The SMILES string of the molecule is C=C(CCl)C(=O)c1ccccc1. The number of benzene rings is 1. The molecule has 0 unspecified atom stereocenters. The van der Waals surface area contributed by atoms with Crippen LogP contribution in [0.2, 0.25) is 0 Å². The van der Waals surface area contributed by atoms with Crippen molar-refractivity contribution in [2.45, 2.75) is 0 Å². The van der Waals surface area contributed by atoms with Crippen molar-refractivity contribution in [3.05, 3.63) is 48.0 Å². The summed E-state index contributed by atoms with van der Waals surface area (Å²) in [5.41, 5.74) is 1.08. The Kier molecular flexibility index (Phi) is 3.06. The van der Waals surface area contributed by atoms with Crippen LogP contribution in [0.15, 0.2) is 42.5 Å². The molecule has 62 valence electrons. The Morgan fingerprint density at radius 1 is 1.33 bits per heavy atom. The van der Waals surface area contributed by atoms with E-state index in [0.29, 0.717) is 11.1 Å². The van der Waals surface area contributed by atoms with E-state index in [1.165, 1.54) is 0 Å². The average Bonchev–Trinajstić information content (AvgIpc) is 2.17. The lowest BCUT2D eigenvalue weighted by Crippen LogP contribution is -2.02. The maximum absolute atomic E-state index is 11.4. The minimum absolute atomic E-state index is 0.0781. The zero-order valence-electron chi connectivity index (χ0n) is 6.59. The summed E-state index contributed by atoms with van der Waals surface area (Å²) >= 11 is 5.48. The lowest BCUT2D eigenvalue weighted by Gasteiger charge is -1.99. The molecule has 1 aromatic carbocycles. The quantitative estimate of drug-likeness (QED) is 0.397. The minimum Gasteiger partial charge on any atom is -0.289 e. The third kappa shape index (κ3) is 1.95. The second-order valence-electron chi connectivity index (χ2n) is 2.43. The van der Waals surface area contributed by atoms with Gasteiger partial charge in [0.05, 0.1) is 5.88 Å². The molecule has 0 N–H and O–H groups in total. The van der Waals surface area contributed by atoms with Crippen LogP contribution in [0, 0.1) is 0 Å². The standard InChI is InChI=1S/C10H9ClO/c1-8(7-11)10(12)9-5-3-2-4-6-9/h2-6H,1,7H2. The van der Waals surface area contributed by atoms with E-state index < -0.39 is 0 Å². The molecule has 1 nitrogen and oxygen atoms in total. The molecule has 0 aromatic heterocycles. The van der Waals surface area contributed by atoms with Gasteiger partial charge in [0.2, 0.25) is 0 Å². The molecule has 0 amide bonds. The Hall–Kier alpha value is -1.08. The van der Waals surface area contributed by atoms with Gasteiger partial charge in [0.1, 0.15) is 0 Å². The van der Waals surface area contributed by atoms with Gasteiger partial charge >= 0.3 is 0 Å². The molecule has 0 heterocycles. The summed E-state index contributed by atoms with van der Waals surface area (Å²) in [6.07, 6.45) is 0. The molecule has 0 aliphatic carbocycles. The molecular formula is C10H9ClO. The van der Waals surface area contributed by atoms with Crippen molar-refractivity contribution in [3.63, 3.8) is 0 Å². The number of halogens is 1. The lowest BCUT2D eigenvalue weighted by molar-refractivity contribution is 0.103. The third-order valence-electron chi connectivity index (χ3n) is 1.52. The highest BCUT2D eigenvalue weighted by atomic mass is 35.5. The van der Waals surface area contributed by atoms with Crippen LogP contribution in [0.1, 0.15) is 10.4 Å². The number of ketones is 1. The van der Waals surface area contributed by atoms with E-state index in [2.05, 4.69) is 6.58 Å². The zero-order chi connectivity index (χ0) is 8.97. The van der Waals surface area contributed by atoms with Gasteiger partial charge in [-0.3, -0.25) is 4.79 Å². The lowest BCUT2D eigenvalue weighted by atomic mass is 10.1. The second-order valence-corrected chi connectivity index (χ2v) is 2.70. The number of hydrogen-bond acceptors (Lipinski definition) is 1. The van der Waals surface area contributed by atoms with E-state index >= 15 is 0 Å². The number of carbonyl (C=O) groups excluding carboxylic acids is 1. The number of Topliss-reactive ketones (excluding diaryl/α,β-unsaturated/α-hetero) is 1. The van der Waals surface area contributed by atoms with Gasteiger partial charge in [-0.05, 0) is 0 Å². The van der Waals surface area contributed by atoms with E-state index in [4.69, 9.17) is 11.6 Å².